The molecule has 0 aliphatic heterocycles. The highest BCUT2D eigenvalue weighted by molar-refractivity contribution is 6.74. The third-order valence-electron chi connectivity index (χ3n) is 9.33. The second kappa shape index (κ2) is 11.2. The Bertz CT molecular complexity index is 1360. The van der Waals surface area contributed by atoms with Crippen molar-refractivity contribution in [2.24, 2.45) is 5.92 Å². The lowest BCUT2D eigenvalue weighted by atomic mass is 9.66. The van der Waals surface area contributed by atoms with Gasteiger partial charge in [0.1, 0.15) is 13.2 Å². The Labute approximate surface area is 241 Å². The predicted octanol–water partition coefficient (Wildman–Crippen LogP) is 9.32. The van der Waals surface area contributed by atoms with Gasteiger partial charge in [0.15, 0.2) is 25.6 Å². The third kappa shape index (κ3) is 5.51. The monoisotopic (exact) mass is 556 g/mol. The Morgan fingerprint density at radius 1 is 0.825 bits per heavy atom. The summed E-state index contributed by atoms with van der Waals surface area (Å²) in [5.74, 6) is 2.27. The number of carbonyl (C=O) groups excluding carboxylic acids is 1. The number of rotatable bonds is 8. The zero-order valence-corrected chi connectivity index (χ0v) is 26.2. The van der Waals surface area contributed by atoms with E-state index in [0.29, 0.717) is 37.2 Å². The summed E-state index contributed by atoms with van der Waals surface area (Å²) in [6.07, 6.45) is 2.39. The van der Waals surface area contributed by atoms with Crippen LogP contribution in [0.2, 0.25) is 18.1 Å². The fourth-order valence-electron chi connectivity index (χ4n) is 6.08. The molecule has 212 valence electrons. The van der Waals surface area contributed by atoms with Crippen LogP contribution in [0.5, 0.6) is 11.5 Å². The molecule has 0 bridgehead atoms. The lowest BCUT2D eigenvalue weighted by molar-refractivity contribution is 0.0915. The molecule has 0 aromatic heterocycles. The molecule has 2 aliphatic rings. The van der Waals surface area contributed by atoms with Gasteiger partial charge in [0.25, 0.3) is 0 Å². The summed E-state index contributed by atoms with van der Waals surface area (Å²) in [6, 6.07) is 20.4. The first-order chi connectivity index (χ1) is 19.0. The minimum Gasteiger partial charge on any atom is -0.485 e. The van der Waals surface area contributed by atoms with E-state index < -0.39 is 8.32 Å². The first-order valence-electron chi connectivity index (χ1n) is 14.7. The van der Waals surface area contributed by atoms with Gasteiger partial charge in [-0.3, -0.25) is 4.79 Å². The van der Waals surface area contributed by atoms with Gasteiger partial charge in [-0.1, -0.05) is 88.4 Å². The molecular weight excluding hydrogens is 512 g/mol. The van der Waals surface area contributed by atoms with Gasteiger partial charge in [-0.05, 0) is 66.4 Å². The van der Waals surface area contributed by atoms with Crippen LogP contribution in [0.25, 0.3) is 0 Å². The topological polar surface area (TPSA) is 44.8 Å². The second-order valence-corrected chi connectivity index (χ2v) is 17.9. The van der Waals surface area contributed by atoms with E-state index in [1.807, 2.05) is 43.3 Å². The maximum absolute atomic E-state index is 13.7. The van der Waals surface area contributed by atoms with Crippen molar-refractivity contribution in [3.05, 3.63) is 94.0 Å². The number of Topliss-reactive ketones (excluding diaryl/α,β-unsaturated/α-hetero) is 1. The molecule has 3 aromatic carbocycles. The zero-order valence-electron chi connectivity index (χ0n) is 25.2. The Balaban J connectivity index is 1.69. The summed E-state index contributed by atoms with van der Waals surface area (Å²) in [6.45, 7) is 16.6. The smallest absolute Gasteiger partial charge is 0.192 e. The number of hydrogen-bond acceptors (Lipinski definition) is 4. The van der Waals surface area contributed by atoms with E-state index in [-0.39, 0.29) is 16.9 Å². The van der Waals surface area contributed by atoms with Crippen molar-refractivity contribution in [3.8, 4) is 11.5 Å². The molecule has 2 aliphatic carbocycles. The lowest BCUT2D eigenvalue weighted by Crippen LogP contribution is -2.43. The molecule has 4 nitrogen and oxygen atoms in total. The van der Waals surface area contributed by atoms with Gasteiger partial charge in [0, 0.05) is 23.1 Å². The van der Waals surface area contributed by atoms with Crippen LogP contribution in [0.1, 0.15) is 97.2 Å². The van der Waals surface area contributed by atoms with Crippen LogP contribution in [0.4, 0.5) is 0 Å². The van der Waals surface area contributed by atoms with Crippen molar-refractivity contribution < 1.29 is 18.7 Å². The average molecular weight is 557 g/mol. The fraction of sp³-hybridized carbons (Fsp3) is 0.457. The average Bonchev–Trinajstić information content (AvgIpc) is 2.91. The van der Waals surface area contributed by atoms with E-state index in [0.717, 1.165) is 52.0 Å². The van der Waals surface area contributed by atoms with Crippen LogP contribution < -0.4 is 9.47 Å². The van der Waals surface area contributed by atoms with E-state index in [4.69, 9.17) is 13.9 Å². The lowest BCUT2D eigenvalue weighted by Gasteiger charge is -2.45. The van der Waals surface area contributed by atoms with Crippen molar-refractivity contribution in [2.75, 3.05) is 0 Å². The summed E-state index contributed by atoms with van der Waals surface area (Å²) in [5, 5.41) is 0.0649. The minimum atomic E-state index is -2.12. The highest BCUT2D eigenvalue weighted by Gasteiger charge is 2.46. The normalized spacial score (nSPS) is 20.7. The Kier molecular flexibility index (Phi) is 8.00. The van der Waals surface area contributed by atoms with E-state index in [2.05, 4.69) is 65.1 Å². The molecule has 0 unspecified atom stereocenters. The van der Waals surface area contributed by atoms with Crippen LogP contribution in [-0.4, -0.2) is 14.1 Å². The van der Waals surface area contributed by atoms with Gasteiger partial charge in [-0.2, -0.15) is 0 Å². The summed E-state index contributed by atoms with van der Waals surface area (Å²) in [5.41, 5.74) is 6.13. The molecule has 0 heterocycles. The van der Waals surface area contributed by atoms with Crippen molar-refractivity contribution in [3.63, 3.8) is 0 Å². The van der Waals surface area contributed by atoms with Gasteiger partial charge < -0.3 is 13.9 Å². The molecule has 0 saturated heterocycles. The second-order valence-electron chi connectivity index (χ2n) is 13.2. The SMILES string of the molecule is Cc1c(OCc2ccccc2)c(OCc2ccccc2)c2c3c1C(=O)C[C@H](C)[C@H]3CC[C@H]2O[Si](C)(C)C(C)(C)C. The molecule has 5 rings (SSSR count). The zero-order chi connectivity index (χ0) is 28.7. The molecule has 3 aromatic rings. The first-order valence-corrected chi connectivity index (χ1v) is 17.6. The number of ketones is 1. The number of hydrogen-bond donors (Lipinski definition) is 0. The van der Waals surface area contributed by atoms with Gasteiger partial charge >= 0.3 is 0 Å². The molecule has 0 N–H and O–H groups in total. The van der Waals surface area contributed by atoms with Crippen LogP contribution in [-0.2, 0) is 17.6 Å². The van der Waals surface area contributed by atoms with Crippen molar-refractivity contribution in [1.29, 1.82) is 0 Å². The summed E-state index contributed by atoms with van der Waals surface area (Å²) in [7, 11) is -2.12. The number of benzene rings is 3. The van der Waals surface area contributed by atoms with E-state index in [1.54, 1.807) is 0 Å². The maximum Gasteiger partial charge on any atom is 0.192 e. The van der Waals surface area contributed by atoms with Gasteiger partial charge in [0.05, 0.1) is 6.10 Å². The van der Waals surface area contributed by atoms with E-state index >= 15 is 0 Å². The number of ether oxygens (including phenoxy) is 2. The molecule has 0 saturated carbocycles. The van der Waals surface area contributed by atoms with E-state index in [9.17, 15) is 4.79 Å². The van der Waals surface area contributed by atoms with Crippen molar-refractivity contribution >= 4 is 14.1 Å². The van der Waals surface area contributed by atoms with Gasteiger partial charge in [-0.25, -0.2) is 0 Å². The molecule has 0 amide bonds. The predicted molar refractivity (Wildman–Crippen MR) is 164 cm³/mol. The largest absolute Gasteiger partial charge is 0.485 e. The van der Waals surface area contributed by atoms with Gasteiger partial charge in [-0.15, -0.1) is 0 Å². The molecular formula is C35H44O4Si. The first kappa shape index (κ1) is 28.6. The summed E-state index contributed by atoms with van der Waals surface area (Å²) < 4.78 is 20.5. The van der Waals surface area contributed by atoms with Crippen LogP contribution >= 0.6 is 0 Å². The summed E-state index contributed by atoms with van der Waals surface area (Å²) in [4.78, 5) is 13.7. The molecule has 40 heavy (non-hydrogen) atoms. The third-order valence-corrected chi connectivity index (χ3v) is 13.8. The standard InChI is InChI=1S/C35H44O4Si/c1-23-20-28(36)30-24(2)33(37-21-25-14-10-8-11-15-25)34(38-22-26-16-12-9-13-17-26)32-29(19-18-27(23)31(30)32)39-40(6,7)35(3,4)5/h8-17,23,27,29H,18-22H2,1-7H3/t23-,27+,29+/m0/s1. The highest BCUT2D eigenvalue weighted by atomic mass is 28.4. The molecule has 0 radical (unpaired) electrons. The molecule has 0 fully saturated rings. The minimum absolute atomic E-state index is 0.0649. The quantitative estimate of drug-likeness (QED) is 0.259. The highest BCUT2D eigenvalue weighted by Crippen LogP contribution is 2.57. The van der Waals surface area contributed by atoms with Crippen LogP contribution in [0.3, 0.4) is 0 Å². The Hall–Kier alpha value is -2.89. The van der Waals surface area contributed by atoms with Crippen LogP contribution in [0.15, 0.2) is 60.7 Å². The molecule has 5 heteroatoms. The molecule has 3 atom stereocenters. The van der Waals surface area contributed by atoms with E-state index in [1.165, 1.54) is 0 Å². The van der Waals surface area contributed by atoms with Crippen LogP contribution in [0, 0.1) is 12.8 Å². The Morgan fingerprint density at radius 3 is 1.93 bits per heavy atom. The Morgan fingerprint density at radius 2 is 1.38 bits per heavy atom. The van der Waals surface area contributed by atoms with Gasteiger partial charge in [0.2, 0.25) is 0 Å². The number of carbonyl (C=O) groups is 1. The van der Waals surface area contributed by atoms with Crippen molar-refractivity contribution in [2.45, 2.75) is 97.2 Å². The maximum atomic E-state index is 13.7. The summed E-state index contributed by atoms with van der Waals surface area (Å²) >= 11 is 0. The fourth-order valence-corrected chi connectivity index (χ4v) is 7.38. The van der Waals surface area contributed by atoms with Crippen molar-refractivity contribution in [1.82, 2.24) is 0 Å². The molecule has 0 spiro atoms.